The molecule has 0 radical (unpaired) electrons. The maximum atomic E-state index is 13.7. The van der Waals surface area contributed by atoms with Gasteiger partial charge in [0.2, 0.25) is 10.0 Å². The summed E-state index contributed by atoms with van der Waals surface area (Å²) in [5, 5.41) is 8.96. The Morgan fingerprint density at radius 1 is 1.47 bits per heavy atom. The summed E-state index contributed by atoms with van der Waals surface area (Å²) >= 11 is 0. The summed E-state index contributed by atoms with van der Waals surface area (Å²) in [5.74, 6) is -0.485. The highest BCUT2D eigenvalue weighted by Crippen LogP contribution is 2.34. The van der Waals surface area contributed by atoms with Crippen LogP contribution in [0, 0.1) is 18.7 Å². The second kappa shape index (κ2) is 5.56. The van der Waals surface area contributed by atoms with Gasteiger partial charge in [0, 0.05) is 12.6 Å². The fourth-order valence-corrected chi connectivity index (χ4v) is 3.51. The summed E-state index contributed by atoms with van der Waals surface area (Å²) in [4.78, 5) is -0.332. The predicted molar refractivity (Wildman–Crippen MR) is 69.7 cm³/mol. The highest BCUT2D eigenvalue weighted by Gasteiger charge is 2.34. The third-order valence-corrected chi connectivity index (χ3v) is 4.84. The van der Waals surface area contributed by atoms with Crippen molar-refractivity contribution in [1.29, 1.82) is 0 Å². The van der Waals surface area contributed by atoms with Crippen molar-refractivity contribution in [3.8, 4) is 0 Å². The number of sulfonamides is 1. The van der Waals surface area contributed by atoms with E-state index in [1.54, 1.807) is 13.0 Å². The molecule has 2 rings (SSSR count). The molecule has 19 heavy (non-hydrogen) atoms. The molecule has 1 atom stereocenters. The van der Waals surface area contributed by atoms with E-state index in [-0.39, 0.29) is 23.5 Å². The van der Waals surface area contributed by atoms with Crippen LogP contribution in [-0.2, 0) is 10.0 Å². The molecule has 0 aromatic heterocycles. The molecule has 1 aliphatic carbocycles. The SMILES string of the molecule is Cc1ccc(S(=O)(=O)NC(CCO)C2CC2)c(F)c1. The van der Waals surface area contributed by atoms with Crippen molar-refractivity contribution in [2.24, 2.45) is 5.92 Å². The van der Waals surface area contributed by atoms with E-state index in [1.165, 1.54) is 12.1 Å². The van der Waals surface area contributed by atoms with Gasteiger partial charge in [-0.25, -0.2) is 17.5 Å². The number of hydrogen-bond acceptors (Lipinski definition) is 3. The highest BCUT2D eigenvalue weighted by molar-refractivity contribution is 7.89. The topological polar surface area (TPSA) is 66.4 Å². The van der Waals surface area contributed by atoms with Gasteiger partial charge in [-0.15, -0.1) is 0 Å². The molecular weight excluding hydrogens is 269 g/mol. The lowest BCUT2D eigenvalue weighted by molar-refractivity contribution is 0.265. The predicted octanol–water partition coefficient (Wildman–Crippen LogP) is 1.57. The third-order valence-electron chi connectivity index (χ3n) is 3.31. The Bertz CT molecular complexity index is 555. The second-order valence-electron chi connectivity index (χ2n) is 5.01. The quantitative estimate of drug-likeness (QED) is 0.834. The van der Waals surface area contributed by atoms with E-state index >= 15 is 0 Å². The van der Waals surface area contributed by atoms with Crippen LogP contribution in [0.1, 0.15) is 24.8 Å². The zero-order valence-corrected chi connectivity index (χ0v) is 11.6. The van der Waals surface area contributed by atoms with E-state index in [1.807, 2.05) is 0 Å². The minimum absolute atomic E-state index is 0.0833. The fraction of sp³-hybridized carbons (Fsp3) is 0.538. The molecule has 1 saturated carbocycles. The molecule has 0 aliphatic heterocycles. The lowest BCUT2D eigenvalue weighted by Crippen LogP contribution is -2.37. The fourth-order valence-electron chi connectivity index (χ4n) is 2.12. The second-order valence-corrected chi connectivity index (χ2v) is 6.69. The summed E-state index contributed by atoms with van der Waals surface area (Å²) in [7, 11) is -3.87. The van der Waals surface area contributed by atoms with Crippen LogP contribution in [0.5, 0.6) is 0 Å². The van der Waals surface area contributed by atoms with Crippen molar-refractivity contribution in [2.75, 3.05) is 6.61 Å². The van der Waals surface area contributed by atoms with Gasteiger partial charge in [0.25, 0.3) is 0 Å². The summed E-state index contributed by atoms with van der Waals surface area (Å²) in [6.45, 7) is 1.62. The highest BCUT2D eigenvalue weighted by atomic mass is 32.2. The number of halogens is 1. The van der Waals surface area contributed by atoms with Crippen molar-refractivity contribution in [2.45, 2.75) is 37.1 Å². The molecule has 1 aromatic rings. The number of aryl methyl sites for hydroxylation is 1. The zero-order chi connectivity index (χ0) is 14.0. The summed E-state index contributed by atoms with van der Waals surface area (Å²) in [5.41, 5.74) is 0.672. The van der Waals surface area contributed by atoms with Crippen LogP contribution < -0.4 is 4.72 Å². The number of benzene rings is 1. The first-order valence-electron chi connectivity index (χ1n) is 6.33. The normalized spacial score (nSPS) is 17.4. The van der Waals surface area contributed by atoms with Gasteiger partial charge in [0.15, 0.2) is 0 Å². The van der Waals surface area contributed by atoms with Crippen LogP contribution in [0.4, 0.5) is 4.39 Å². The smallest absolute Gasteiger partial charge is 0.243 e. The van der Waals surface area contributed by atoms with Crippen LogP contribution in [0.2, 0.25) is 0 Å². The lowest BCUT2D eigenvalue weighted by atomic mass is 10.1. The van der Waals surface area contributed by atoms with Crippen LogP contribution in [0.25, 0.3) is 0 Å². The Balaban J connectivity index is 2.21. The Kier molecular flexibility index (Phi) is 4.23. The van der Waals surface area contributed by atoms with Gasteiger partial charge in [-0.05, 0) is 49.8 Å². The molecule has 6 heteroatoms. The Labute approximate surface area is 112 Å². The third kappa shape index (κ3) is 3.52. The molecule has 0 amide bonds. The van der Waals surface area contributed by atoms with E-state index in [0.717, 1.165) is 12.8 Å². The first-order valence-corrected chi connectivity index (χ1v) is 7.81. The molecule has 1 aliphatic rings. The van der Waals surface area contributed by atoms with Crippen molar-refractivity contribution < 1.29 is 17.9 Å². The minimum Gasteiger partial charge on any atom is -0.396 e. The molecule has 4 nitrogen and oxygen atoms in total. The number of hydrogen-bond donors (Lipinski definition) is 2. The van der Waals surface area contributed by atoms with Crippen molar-refractivity contribution in [3.63, 3.8) is 0 Å². The molecule has 2 N–H and O–H groups in total. The number of rotatable bonds is 6. The van der Waals surface area contributed by atoms with Crippen LogP contribution in [0.15, 0.2) is 23.1 Å². The minimum atomic E-state index is -3.87. The molecule has 1 unspecified atom stereocenters. The number of aliphatic hydroxyl groups excluding tert-OH is 1. The van der Waals surface area contributed by atoms with E-state index in [0.29, 0.717) is 12.0 Å². The average molecular weight is 287 g/mol. The van der Waals surface area contributed by atoms with Crippen molar-refractivity contribution >= 4 is 10.0 Å². The van der Waals surface area contributed by atoms with Gasteiger partial charge >= 0.3 is 0 Å². The average Bonchev–Trinajstić information content (AvgIpc) is 3.11. The van der Waals surface area contributed by atoms with Gasteiger partial charge in [0.1, 0.15) is 10.7 Å². The molecule has 0 bridgehead atoms. The maximum Gasteiger partial charge on any atom is 0.243 e. The first kappa shape index (κ1) is 14.4. The number of nitrogens with one attached hydrogen (secondary N) is 1. The summed E-state index contributed by atoms with van der Waals surface area (Å²) in [6, 6.07) is 3.73. The molecular formula is C13H18FNO3S. The monoisotopic (exact) mass is 287 g/mol. The molecule has 0 spiro atoms. The van der Waals surface area contributed by atoms with E-state index in [2.05, 4.69) is 4.72 Å². The van der Waals surface area contributed by atoms with Crippen LogP contribution in [-0.4, -0.2) is 26.2 Å². The van der Waals surface area contributed by atoms with Gasteiger partial charge < -0.3 is 5.11 Å². The zero-order valence-electron chi connectivity index (χ0n) is 10.8. The van der Waals surface area contributed by atoms with Gasteiger partial charge in [-0.2, -0.15) is 0 Å². The largest absolute Gasteiger partial charge is 0.396 e. The van der Waals surface area contributed by atoms with Gasteiger partial charge in [-0.3, -0.25) is 0 Å². The Morgan fingerprint density at radius 3 is 2.68 bits per heavy atom. The van der Waals surface area contributed by atoms with Crippen molar-refractivity contribution in [3.05, 3.63) is 29.6 Å². The van der Waals surface area contributed by atoms with Crippen LogP contribution >= 0.6 is 0 Å². The van der Waals surface area contributed by atoms with Gasteiger partial charge in [-0.1, -0.05) is 6.07 Å². The first-order chi connectivity index (χ1) is 8.94. The molecule has 1 aromatic carbocycles. The van der Waals surface area contributed by atoms with E-state index in [4.69, 9.17) is 5.11 Å². The lowest BCUT2D eigenvalue weighted by Gasteiger charge is -2.17. The Hall–Kier alpha value is -0.980. The van der Waals surface area contributed by atoms with E-state index in [9.17, 15) is 12.8 Å². The van der Waals surface area contributed by atoms with Crippen molar-refractivity contribution in [1.82, 2.24) is 4.72 Å². The van der Waals surface area contributed by atoms with Gasteiger partial charge in [0.05, 0.1) is 0 Å². The molecule has 0 heterocycles. The summed E-state index contributed by atoms with van der Waals surface area (Å²) in [6.07, 6.45) is 2.25. The molecule has 1 fully saturated rings. The molecule has 106 valence electrons. The number of aliphatic hydroxyl groups is 1. The maximum absolute atomic E-state index is 13.7. The van der Waals surface area contributed by atoms with Crippen LogP contribution in [0.3, 0.4) is 0 Å². The Morgan fingerprint density at radius 2 is 2.16 bits per heavy atom. The van der Waals surface area contributed by atoms with E-state index < -0.39 is 15.8 Å². The summed E-state index contributed by atoms with van der Waals surface area (Å²) < 4.78 is 40.5. The standard InChI is InChI=1S/C13H18FNO3S/c1-9-2-5-13(11(14)8-9)19(17,18)15-12(6-7-16)10-3-4-10/h2,5,8,10,12,15-16H,3-4,6-7H2,1H3. The molecule has 0 saturated heterocycles.